The number of aliphatic hydroxyl groups is 1. The summed E-state index contributed by atoms with van der Waals surface area (Å²) in [5.41, 5.74) is 0.862. The van der Waals surface area contributed by atoms with Crippen molar-refractivity contribution in [3.63, 3.8) is 0 Å². The molecule has 2 aliphatic heterocycles. The standard InChI is InChI=1S/C27H30N2O6/c30-20-5-4-18-13-21-27(32)9-7-19(29(33)22(31)6-3-17-8-12-34-15-17)25-26(27,23(18)24(20)35-25)10-11-28(21)14-16-1-2-16/h3-6,8,12,15-16,19,21,25,30,32-33H,1-2,7,9-11,13-14H2/b6-3+/t19-,21-,25+,26+,27-/m1/s1. The number of amides is 1. The maximum absolute atomic E-state index is 12.9. The molecule has 5 aliphatic rings. The summed E-state index contributed by atoms with van der Waals surface area (Å²) in [5.74, 6) is 0.606. The summed E-state index contributed by atoms with van der Waals surface area (Å²) in [7, 11) is 0. The average Bonchev–Trinajstić information content (AvgIpc) is 3.36. The molecule has 8 nitrogen and oxygen atoms in total. The quantitative estimate of drug-likeness (QED) is 0.345. The first-order valence-corrected chi connectivity index (χ1v) is 12.6. The van der Waals surface area contributed by atoms with Gasteiger partial charge in [0.25, 0.3) is 5.91 Å². The number of hydrogen-bond donors (Lipinski definition) is 3. The number of hydroxylamine groups is 2. The van der Waals surface area contributed by atoms with Crippen LogP contribution in [0.4, 0.5) is 0 Å². The molecule has 5 atom stereocenters. The van der Waals surface area contributed by atoms with Crippen LogP contribution in [0.1, 0.15) is 48.8 Å². The van der Waals surface area contributed by atoms with Gasteiger partial charge in [0.1, 0.15) is 6.10 Å². The van der Waals surface area contributed by atoms with E-state index in [-0.39, 0.29) is 11.8 Å². The number of phenols is 1. The molecule has 1 amide bonds. The molecule has 3 aliphatic carbocycles. The van der Waals surface area contributed by atoms with Crippen LogP contribution < -0.4 is 4.74 Å². The van der Waals surface area contributed by atoms with E-state index in [0.717, 1.165) is 34.8 Å². The number of furan rings is 1. The van der Waals surface area contributed by atoms with Crippen LogP contribution in [0.3, 0.4) is 0 Å². The van der Waals surface area contributed by atoms with Gasteiger partial charge in [0.2, 0.25) is 0 Å². The molecule has 2 saturated carbocycles. The molecule has 3 fully saturated rings. The van der Waals surface area contributed by atoms with Crippen molar-refractivity contribution in [1.82, 2.24) is 9.96 Å². The van der Waals surface area contributed by atoms with E-state index in [1.807, 2.05) is 6.07 Å². The number of phenolic OH excluding ortho intramolecular Hbond substituents is 1. The minimum absolute atomic E-state index is 0.0446. The highest BCUT2D eigenvalue weighted by atomic mass is 16.5. The molecular weight excluding hydrogens is 448 g/mol. The molecule has 2 aromatic rings. The Morgan fingerprint density at radius 3 is 2.86 bits per heavy atom. The molecule has 35 heavy (non-hydrogen) atoms. The summed E-state index contributed by atoms with van der Waals surface area (Å²) in [6, 6.07) is 4.65. The predicted octanol–water partition coefficient (Wildman–Crippen LogP) is 2.85. The Labute approximate surface area is 203 Å². The normalized spacial score (nSPS) is 35.1. The van der Waals surface area contributed by atoms with Gasteiger partial charge in [0.15, 0.2) is 11.5 Å². The van der Waals surface area contributed by atoms with Crippen LogP contribution in [0.5, 0.6) is 11.5 Å². The molecule has 3 N–H and O–H groups in total. The van der Waals surface area contributed by atoms with Crippen molar-refractivity contribution in [3.05, 3.63) is 53.5 Å². The maximum Gasteiger partial charge on any atom is 0.270 e. The fourth-order valence-electron chi connectivity index (χ4n) is 7.48. The molecule has 3 heterocycles. The Kier molecular flexibility index (Phi) is 4.51. The van der Waals surface area contributed by atoms with E-state index in [4.69, 9.17) is 9.15 Å². The average molecular weight is 479 g/mol. The monoisotopic (exact) mass is 478 g/mol. The Bertz CT molecular complexity index is 1210. The van der Waals surface area contributed by atoms with Crippen molar-refractivity contribution in [2.24, 2.45) is 5.92 Å². The van der Waals surface area contributed by atoms with E-state index in [1.54, 1.807) is 18.2 Å². The summed E-state index contributed by atoms with van der Waals surface area (Å²) in [6.07, 6.45) is 10.0. The smallest absolute Gasteiger partial charge is 0.270 e. The first-order valence-electron chi connectivity index (χ1n) is 12.6. The van der Waals surface area contributed by atoms with Gasteiger partial charge in [-0.25, -0.2) is 5.06 Å². The third kappa shape index (κ3) is 2.87. The number of carbonyl (C=O) groups is 1. The number of rotatable bonds is 5. The Morgan fingerprint density at radius 2 is 2.09 bits per heavy atom. The third-order valence-corrected chi connectivity index (χ3v) is 9.23. The number of hydrogen-bond acceptors (Lipinski definition) is 7. The van der Waals surface area contributed by atoms with Crippen LogP contribution in [0.2, 0.25) is 0 Å². The van der Waals surface area contributed by atoms with E-state index >= 15 is 0 Å². The van der Waals surface area contributed by atoms with E-state index < -0.39 is 29.1 Å². The van der Waals surface area contributed by atoms with Crippen LogP contribution in [0, 0.1) is 5.92 Å². The van der Waals surface area contributed by atoms with Crippen molar-refractivity contribution in [2.75, 3.05) is 13.1 Å². The second-order valence-electron chi connectivity index (χ2n) is 11.0. The molecule has 0 radical (unpaired) electrons. The summed E-state index contributed by atoms with van der Waals surface area (Å²) in [4.78, 5) is 15.4. The van der Waals surface area contributed by atoms with Crippen LogP contribution in [-0.2, 0) is 16.6 Å². The van der Waals surface area contributed by atoms with Crippen molar-refractivity contribution in [3.8, 4) is 11.5 Å². The number of aromatic hydroxyl groups is 1. The number of piperidine rings is 1. The number of carbonyl (C=O) groups excluding carboxylic acids is 1. The number of nitrogens with zero attached hydrogens (tertiary/aromatic N) is 2. The lowest BCUT2D eigenvalue weighted by Crippen LogP contribution is -2.78. The Hall–Kier alpha value is -2.81. The largest absolute Gasteiger partial charge is 0.504 e. The highest BCUT2D eigenvalue weighted by Gasteiger charge is 2.73. The van der Waals surface area contributed by atoms with Crippen LogP contribution in [0.15, 0.2) is 41.2 Å². The van der Waals surface area contributed by atoms with E-state index in [0.29, 0.717) is 37.4 Å². The Balaban J connectivity index is 1.28. The second-order valence-corrected chi connectivity index (χ2v) is 11.0. The fraction of sp³-hybridized carbons (Fsp3) is 0.519. The predicted molar refractivity (Wildman–Crippen MR) is 125 cm³/mol. The summed E-state index contributed by atoms with van der Waals surface area (Å²) in [5, 5.41) is 35.0. The van der Waals surface area contributed by atoms with E-state index in [1.165, 1.54) is 31.4 Å². The summed E-state index contributed by atoms with van der Waals surface area (Å²) in [6.45, 7) is 1.83. The summed E-state index contributed by atoms with van der Waals surface area (Å²) >= 11 is 0. The Morgan fingerprint density at radius 1 is 1.23 bits per heavy atom. The molecule has 1 aromatic carbocycles. The third-order valence-electron chi connectivity index (χ3n) is 9.23. The molecule has 1 saturated heterocycles. The molecule has 2 bridgehead atoms. The lowest BCUT2D eigenvalue weighted by molar-refractivity contribution is -0.230. The second kappa shape index (κ2) is 7.35. The molecule has 184 valence electrons. The van der Waals surface area contributed by atoms with Crippen LogP contribution in [-0.4, -0.2) is 68.2 Å². The number of ether oxygens (including phenoxy) is 1. The molecule has 7 rings (SSSR count). The molecular formula is C27H30N2O6. The molecule has 8 heteroatoms. The van der Waals surface area contributed by atoms with E-state index in [9.17, 15) is 20.2 Å². The zero-order chi connectivity index (χ0) is 23.9. The zero-order valence-electron chi connectivity index (χ0n) is 19.5. The number of likely N-dealkylation sites (tertiary alicyclic amines) is 1. The van der Waals surface area contributed by atoms with Crippen LogP contribution >= 0.6 is 0 Å². The van der Waals surface area contributed by atoms with Gasteiger partial charge in [-0.05, 0) is 74.8 Å². The lowest BCUT2D eigenvalue weighted by Gasteiger charge is -2.64. The first kappa shape index (κ1) is 21.5. The molecule has 0 unspecified atom stereocenters. The molecule has 1 aromatic heterocycles. The topological polar surface area (TPSA) is 107 Å². The van der Waals surface area contributed by atoms with Gasteiger partial charge >= 0.3 is 0 Å². The van der Waals surface area contributed by atoms with Crippen molar-refractivity contribution in [2.45, 2.75) is 67.7 Å². The van der Waals surface area contributed by atoms with Gasteiger partial charge in [-0.15, -0.1) is 0 Å². The van der Waals surface area contributed by atoms with Gasteiger partial charge in [-0.1, -0.05) is 6.07 Å². The fourth-order valence-corrected chi connectivity index (χ4v) is 7.48. The van der Waals surface area contributed by atoms with Gasteiger partial charge in [0.05, 0.1) is 29.6 Å². The highest BCUT2D eigenvalue weighted by Crippen LogP contribution is 2.66. The van der Waals surface area contributed by atoms with Gasteiger partial charge in [-0.3, -0.25) is 14.9 Å². The van der Waals surface area contributed by atoms with Crippen molar-refractivity contribution >= 4 is 12.0 Å². The minimum Gasteiger partial charge on any atom is -0.504 e. The summed E-state index contributed by atoms with van der Waals surface area (Å²) < 4.78 is 11.5. The molecule has 1 spiro atoms. The van der Waals surface area contributed by atoms with Crippen molar-refractivity contribution in [1.29, 1.82) is 0 Å². The number of benzene rings is 1. The van der Waals surface area contributed by atoms with Gasteiger partial charge in [0, 0.05) is 29.8 Å². The zero-order valence-corrected chi connectivity index (χ0v) is 19.5. The minimum atomic E-state index is -1.05. The lowest BCUT2D eigenvalue weighted by atomic mass is 9.48. The van der Waals surface area contributed by atoms with Crippen molar-refractivity contribution < 1.29 is 29.4 Å². The van der Waals surface area contributed by atoms with Gasteiger partial charge in [-0.2, -0.15) is 0 Å². The highest BCUT2D eigenvalue weighted by molar-refractivity contribution is 5.91. The van der Waals surface area contributed by atoms with Crippen LogP contribution in [0.25, 0.3) is 6.08 Å². The SMILES string of the molecule is O=C(/C=C/c1ccoc1)N(O)[C@@H]1CC[C@@]2(O)[C@H]3Cc4ccc(O)c5c4[C@@]2(CCN3CC2CC2)[C@H]1O5. The van der Waals surface area contributed by atoms with E-state index in [2.05, 4.69) is 4.90 Å². The first-order chi connectivity index (χ1) is 16.9. The maximum atomic E-state index is 12.9. The van der Waals surface area contributed by atoms with Gasteiger partial charge < -0.3 is 19.4 Å².